The molecule has 0 saturated carbocycles. The van der Waals surface area contributed by atoms with Crippen LogP contribution in [0.2, 0.25) is 19.6 Å². The molecule has 1 unspecified atom stereocenters. The maximum atomic E-state index is 6.78. The Hall–Kier alpha value is 0.431. The summed E-state index contributed by atoms with van der Waals surface area (Å²) in [6.45, 7) is 13.7. The predicted molar refractivity (Wildman–Crippen MR) is 89.0 cm³/mol. The SMILES string of the molecule is CC1=CC=CCC1(O[Si](C)(C)C)C(C)(C)C1=[C-]CC=C1.[Cl-].[Cl-].[Ti+3]. The average Bonchev–Trinajstić information content (AvgIpc) is 2.84. The molecule has 0 aromatic rings. The van der Waals surface area contributed by atoms with Gasteiger partial charge in [-0.1, -0.05) is 32.1 Å². The van der Waals surface area contributed by atoms with Crippen LogP contribution in [0.3, 0.4) is 0 Å². The number of hydrogen-bond acceptors (Lipinski definition) is 1. The molecule has 2 aliphatic carbocycles. The first kappa shape index (κ1) is 25.7. The van der Waals surface area contributed by atoms with Crippen molar-refractivity contribution in [3.05, 3.63) is 47.6 Å². The topological polar surface area (TPSA) is 9.23 Å². The summed E-state index contributed by atoms with van der Waals surface area (Å²) in [5.74, 6) is 0. The van der Waals surface area contributed by atoms with Gasteiger partial charge in [0.2, 0.25) is 0 Å². The van der Waals surface area contributed by atoms with E-state index < -0.39 is 8.32 Å². The van der Waals surface area contributed by atoms with Crippen LogP contribution in [0.15, 0.2) is 41.5 Å². The van der Waals surface area contributed by atoms with Crippen molar-refractivity contribution in [3.8, 4) is 0 Å². The fourth-order valence-corrected chi connectivity index (χ4v) is 4.86. The summed E-state index contributed by atoms with van der Waals surface area (Å²) in [5, 5.41) is 0. The maximum absolute atomic E-state index is 6.78. The van der Waals surface area contributed by atoms with Crippen LogP contribution >= 0.6 is 0 Å². The van der Waals surface area contributed by atoms with Crippen molar-refractivity contribution >= 4 is 8.32 Å². The third-order valence-corrected chi connectivity index (χ3v) is 5.34. The molecule has 0 saturated heterocycles. The number of hydrogen-bond donors (Lipinski definition) is 0. The van der Waals surface area contributed by atoms with Gasteiger partial charge in [0.05, 0.1) is 5.60 Å². The van der Waals surface area contributed by atoms with Gasteiger partial charge in [0.25, 0.3) is 0 Å². The zero-order valence-corrected chi connectivity index (χ0v) is 19.0. The molecule has 23 heavy (non-hydrogen) atoms. The molecule has 2 rings (SSSR count). The maximum Gasteiger partial charge on any atom is 3.00 e. The van der Waals surface area contributed by atoms with Gasteiger partial charge in [-0.3, -0.25) is 6.08 Å². The standard InChI is InChI=1S/C18H27OSi.2ClH.Ti/c1-15-11-9-10-14-18(15,19-20(4,5)6)17(2,3)16-12-7-8-13-16;;;/h7,9-12H,8,14H2,1-6H3;2*1H;/q-1;;;+3/p-2. The molecule has 1 nitrogen and oxygen atoms in total. The van der Waals surface area contributed by atoms with Crippen molar-refractivity contribution in [2.75, 3.05) is 0 Å². The van der Waals surface area contributed by atoms with E-state index in [-0.39, 0.29) is 57.5 Å². The third kappa shape index (κ3) is 5.20. The number of halogens is 2. The summed E-state index contributed by atoms with van der Waals surface area (Å²) in [6.07, 6.45) is 16.4. The Labute approximate surface area is 170 Å². The van der Waals surface area contributed by atoms with Crippen LogP contribution in [-0.4, -0.2) is 13.9 Å². The largest absolute Gasteiger partial charge is 3.00 e. The van der Waals surface area contributed by atoms with Crippen molar-refractivity contribution in [2.24, 2.45) is 5.41 Å². The van der Waals surface area contributed by atoms with E-state index in [0.29, 0.717) is 0 Å². The van der Waals surface area contributed by atoms with Crippen LogP contribution in [0.5, 0.6) is 0 Å². The van der Waals surface area contributed by atoms with Crippen molar-refractivity contribution in [1.29, 1.82) is 0 Å². The van der Waals surface area contributed by atoms with Crippen molar-refractivity contribution in [1.82, 2.24) is 0 Å². The minimum atomic E-state index is -1.66. The van der Waals surface area contributed by atoms with Crippen LogP contribution in [0.4, 0.5) is 0 Å². The van der Waals surface area contributed by atoms with Gasteiger partial charge in [-0.15, -0.1) is 6.42 Å². The van der Waals surface area contributed by atoms with Crippen molar-refractivity contribution in [2.45, 2.75) is 58.9 Å². The summed E-state index contributed by atoms with van der Waals surface area (Å²) < 4.78 is 6.78. The normalized spacial score (nSPS) is 23.2. The molecule has 1 radical (unpaired) electrons. The Balaban J connectivity index is 0. The van der Waals surface area contributed by atoms with E-state index in [1.807, 2.05) is 0 Å². The first-order valence-corrected chi connectivity index (χ1v) is 10.9. The van der Waals surface area contributed by atoms with Crippen LogP contribution in [0, 0.1) is 11.5 Å². The second-order valence-corrected chi connectivity index (χ2v) is 11.8. The number of allylic oxidation sites excluding steroid dienone is 5. The molecule has 1 atom stereocenters. The summed E-state index contributed by atoms with van der Waals surface area (Å²) in [5.41, 5.74) is 2.33. The van der Waals surface area contributed by atoms with Crippen LogP contribution in [0.25, 0.3) is 0 Å². The van der Waals surface area contributed by atoms with Gasteiger partial charge in [0.1, 0.15) is 0 Å². The summed E-state index contributed by atoms with van der Waals surface area (Å²) in [6, 6.07) is 0. The van der Waals surface area contributed by atoms with Crippen LogP contribution in [0.1, 0.15) is 33.6 Å². The van der Waals surface area contributed by atoms with E-state index in [1.165, 1.54) is 11.1 Å². The Kier molecular flexibility index (Phi) is 10.3. The Morgan fingerprint density at radius 1 is 1.17 bits per heavy atom. The fraction of sp³-hybridized carbons (Fsp3) is 0.556. The number of rotatable bonds is 4. The Bertz CT molecular complexity index is 516. The van der Waals surface area contributed by atoms with Gasteiger partial charge in [-0.25, -0.2) is 11.6 Å². The van der Waals surface area contributed by atoms with Gasteiger partial charge in [0, 0.05) is 0 Å². The first-order chi connectivity index (χ1) is 9.19. The quantitative estimate of drug-likeness (QED) is 0.439. The van der Waals surface area contributed by atoms with Crippen molar-refractivity contribution in [3.63, 3.8) is 0 Å². The first-order valence-electron chi connectivity index (χ1n) is 7.51. The molecule has 0 N–H and O–H groups in total. The minimum Gasteiger partial charge on any atom is -1.00 e. The molecule has 0 spiro atoms. The van der Waals surface area contributed by atoms with E-state index in [9.17, 15) is 0 Å². The molecule has 0 amide bonds. The monoisotopic (exact) mass is 405 g/mol. The fourth-order valence-electron chi connectivity index (χ4n) is 3.31. The smallest absolute Gasteiger partial charge is 1.00 e. The summed E-state index contributed by atoms with van der Waals surface area (Å²) in [4.78, 5) is 0. The zero-order chi connectivity index (χ0) is 15.0. The molecular weight excluding hydrogens is 379 g/mol. The van der Waals surface area contributed by atoms with E-state index >= 15 is 0 Å². The van der Waals surface area contributed by atoms with Gasteiger partial charge in [-0.05, 0) is 44.0 Å². The second kappa shape index (κ2) is 9.22. The molecule has 5 heteroatoms. The molecule has 127 valence electrons. The molecule has 0 heterocycles. The minimum absolute atomic E-state index is 0. The zero-order valence-electron chi connectivity index (χ0n) is 15.0. The molecular formula is C18H27Cl2OSiTi. The molecule has 0 aromatic carbocycles. The van der Waals surface area contributed by atoms with Crippen LogP contribution < -0.4 is 24.8 Å². The molecule has 0 aromatic heterocycles. The van der Waals surface area contributed by atoms with Gasteiger partial charge in [0.15, 0.2) is 8.32 Å². The Morgan fingerprint density at radius 3 is 2.22 bits per heavy atom. The average molecular weight is 406 g/mol. The third-order valence-electron chi connectivity index (χ3n) is 4.38. The van der Waals surface area contributed by atoms with Gasteiger partial charge >= 0.3 is 21.7 Å². The van der Waals surface area contributed by atoms with Crippen LogP contribution in [-0.2, 0) is 26.1 Å². The summed E-state index contributed by atoms with van der Waals surface area (Å²) in [7, 11) is -1.66. The predicted octanol–water partition coefficient (Wildman–Crippen LogP) is -0.796. The molecule has 0 bridgehead atoms. The van der Waals surface area contributed by atoms with Crippen molar-refractivity contribution < 1.29 is 51.0 Å². The van der Waals surface area contributed by atoms with E-state index in [1.54, 1.807) is 0 Å². The van der Waals surface area contributed by atoms with Gasteiger partial charge < -0.3 is 29.2 Å². The molecule has 0 fully saturated rings. The van der Waals surface area contributed by atoms with Gasteiger partial charge in [-0.2, -0.15) is 6.08 Å². The van der Waals surface area contributed by atoms with E-state index in [0.717, 1.165) is 12.8 Å². The second-order valence-electron chi connectivity index (χ2n) is 7.35. The molecule has 2 aliphatic rings. The molecule has 0 aliphatic heterocycles. The summed E-state index contributed by atoms with van der Waals surface area (Å²) >= 11 is 0. The Morgan fingerprint density at radius 2 is 1.78 bits per heavy atom. The van der Waals surface area contributed by atoms with E-state index in [4.69, 9.17) is 4.43 Å². The van der Waals surface area contributed by atoms with E-state index in [2.05, 4.69) is 76.9 Å².